The van der Waals surface area contributed by atoms with Gasteiger partial charge in [0.2, 0.25) is 6.79 Å². The Morgan fingerprint density at radius 1 is 1.17 bits per heavy atom. The van der Waals surface area contributed by atoms with E-state index in [2.05, 4.69) is 5.32 Å². The number of halogens is 1. The van der Waals surface area contributed by atoms with Crippen LogP contribution in [0.15, 0.2) is 47.4 Å². The molecule has 2 aromatic carbocycles. The molecule has 1 saturated heterocycles. The number of nitrogens with zero attached hydrogens (tertiary/aromatic N) is 1. The topological polar surface area (TPSA) is 84.9 Å². The molecule has 1 N–H and O–H groups in total. The van der Waals surface area contributed by atoms with E-state index in [9.17, 15) is 14.4 Å². The largest absolute Gasteiger partial charge is 0.454 e. The smallest absolute Gasteiger partial charge is 0.293 e. The second kappa shape index (κ2) is 8.18. The van der Waals surface area contributed by atoms with Crippen LogP contribution in [0.3, 0.4) is 0 Å². The van der Waals surface area contributed by atoms with Crippen molar-refractivity contribution in [3.8, 4) is 11.5 Å². The van der Waals surface area contributed by atoms with E-state index in [1.54, 1.807) is 48.5 Å². The molecule has 3 amide bonds. The zero-order valence-electron chi connectivity index (χ0n) is 15.0. The molecule has 0 bridgehead atoms. The lowest BCUT2D eigenvalue weighted by molar-refractivity contribution is -0.122. The summed E-state index contributed by atoms with van der Waals surface area (Å²) >= 11 is 6.74. The third-order valence-electron chi connectivity index (χ3n) is 4.28. The summed E-state index contributed by atoms with van der Waals surface area (Å²) in [5.41, 5.74) is 1.14. The number of carbonyl (C=O) groups is 3. The summed E-state index contributed by atoms with van der Waals surface area (Å²) < 4.78 is 10.6. The van der Waals surface area contributed by atoms with Crippen LogP contribution >= 0.6 is 23.4 Å². The van der Waals surface area contributed by atoms with E-state index < -0.39 is 5.91 Å². The number of hydrogen-bond acceptors (Lipinski definition) is 6. The summed E-state index contributed by atoms with van der Waals surface area (Å²) in [4.78, 5) is 38.4. The van der Waals surface area contributed by atoms with Crippen molar-refractivity contribution in [2.75, 3.05) is 19.9 Å². The van der Waals surface area contributed by atoms with Gasteiger partial charge in [0.1, 0.15) is 0 Å². The summed E-state index contributed by atoms with van der Waals surface area (Å²) in [6.07, 6.45) is 1.64. The maximum absolute atomic E-state index is 12.6. The lowest BCUT2D eigenvalue weighted by Gasteiger charge is -2.13. The number of carbonyl (C=O) groups excluding carboxylic acids is 3. The highest BCUT2D eigenvalue weighted by Gasteiger charge is 2.34. The van der Waals surface area contributed by atoms with E-state index in [1.807, 2.05) is 0 Å². The lowest BCUT2D eigenvalue weighted by atomic mass is 10.2. The number of rotatable bonds is 5. The monoisotopic (exact) mass is 430 g/mol. The summed E-state index contributed by atoms with van der Waals surface area (Å²) in [5, 5.41) is 2.76. The molecule has 9 heteroatoms. The summed E-state index contributed by atoms with van der Waals surface area (Å²) in [6.45, 7) is 0.381. The molecule has 0 atom stereocenters. The van der Waals surface area contributed by atoms with Crippen LogP contribution in [0.1, 0.15) is 15.9 Å². The van der Waals surface area contributed by atoms with Crippen molar-refractivity contribution < 1.29 is 23.9 Å². The van der Waals surface area contributed by atoms with Gasteiger partial charge in [-0.25, -0.2) is 0 Å². The van der Waals surface area contributed by atoms with Crippen LogP contribution in [-0.2, 0) is 4.79 Å². The molecule has 2 heterocycles. The Kier molecular flexibility index (Phi) is 5.46. The molecule has 1 fully saturated rings. The van der Waals surface area contributed by atoms with E-state index >= 15 is 0 Å². The normalized spacial score (nSPS) is 16.6. The standard InChI is InChI=1S/C20H15ClN2O5S/c21-14-3-1-2-13(10-14)18(24)22-6-7-23-19(25)17(29-20(23)26)9-12-4-5-15-16(8-12)28-11-27-15/h1-5,8-10H,6-7,11H2,(H,22,24)/b17-9-. The fourth-order valence-electron chi connectivity index (χ4n) is 2.86. The van der Waals surface area contributed by atoms with Gasteiger partial charge in [-0.1, -0.05) is 23.7 Å². The van der Waals surface area contributed by atoms with Crippen molar-refractivity contribution in [1.29, 1.82) is 0 Å². The van der Waals surface area contributed by atoms with Crippen molar-refractivity contribution in [1.82, 2.24) is 10.2 Å². The number of ether oxygens (including phenoxy) is 2. The summed E-state index contributed by atoms with van der Waals surface area (Å²) in [7, 11) is 0. The van der Waals surface area contributed by atoms with E-state index in [0.29, 0.717) is 27.0 Å². The molecular weight excluding hydrogens is 416 g/mol. The minimum absolute atomic E-state index is 0.0788. The Bertz CT molecular complexity index is 1040. The van der Waals surface area contributed by atoms with Gasteiger partial charge >= 0.3 is 0 Å². The molecular formula is C20H15ClN2O5S. The number of hydrogen-bond donors (Lipinski definition) is 1. The average molecular weight is 431 g/mol. The SMILES string of the molecule is O=C(NCCN1C(=O)S/C(=C\c2ccc3c(c2)OCO3)C1=O)c1cccc(Cl)c1. The van der Waals surface area contributed by atoms with Gasteiger partial charge in [0.25, 0.3) is 17.1 Å². The van der Waals surface area contributed by atoms with Crippen molar-refractivity contribution in [3.63, 3.8) is 0 Å². The van der Waals surface area contributed by atoms with Gasteiger partial charge in [0.15, 0.2) is 11.5 Å². The Morgan fingerprint density at radius 3 is 2.83 bits per heavy atom. The van der Waals surface area contributed by atoms with Crippen LogP contribution < -0.4 is 14.8 Å². The Labute approximate surface area is 175 Å². The van der Waals surface area contributed by atoms with Gasteiger partial charge in [0, 0.05) is 23.7 Å². The highest BCUT2D eigenvalue weighted by molar-refractivity contribution is 8.18. The van der Waals surface area contributed by atoms with Crippen molar-refractivity contribution in [3.05, 3.63) is 63.5 Å². The molecule has 0 aromatic heterocycles. The van der Waals surface area contributed by atoms with E-state index in [0.717, 1.165) is 22.2 Å². The zero-order valence-corrected chi connectivity index (χ0v) is 16.6. The van der Waals surface area contributed by atoms with Gasteiger partial charge in [-0.3, -0.25) is 19.3 Å². The molecule has 0 radical (unpaired) electrons. The molecule has 2 aliphatic heterocycles. The van der Waals surface area contributed by atoms with Crippen molar-refractivity contribution in [2.24, 2.45) is 0 Å². The highest BCUT2D eigenvalue weighted by Crippen LogP contribution is 2.36. The summed E-state index contributed by atoms with van der Waals surface area (Å²) in [5.74, 6) is 0.525. The van der Waals surface area contributed by atoms with Gasteiger partial charge < -0.3 is 14.8 Å². The maximum Gasteiger partial charge on any atom is 0.293 e. The van der Waals surface area contributed by atoms with Gasteiger partial charge in [0.05, 0.1) is 4.91 Å². The fourth-order valence-corrected chi connectivity index (χ4v) is 3.92. The number of nitrogens with one attached hydrogen (secondary N) is 1. The predicted molar refractivity (Wildman–Crippen MR) is 109 cm³/mol. The molecule has 2 aliphatic rings. The number of amides is 3. The van der Waals surface area contributed by atoms with E-state index in [1.165, 1.54) is 0 Å². The Morgan fingerprint density at radius 2 is 2.00 bits per heavy atom. The van der Waals surface area contributed by atoms with E-state index in [-0.39, 0.29) is 31.0 Å². The Balaban J connectivity index is 1.37. The molecule has 0 saturated carbocycles. The number of thioether (sulfide) groups is 1. The molecule has 29 heavy (non-hydrogen) atoms. The van der Waals surface area contributed by atoms with Crippen LogP contribution in [0, 0.1) is 0 Å². The third-order valence-corrected chi connectivity index (χ3v) is 5.42. The highest BCUT2D eigenvalue weighted by atomic mass is 35.5. The van der Waals surface area contributed by atoms with Crippen LogP contribution in [0.2, 0.25) is 5.02 Å². The Hall–Kier alpha value is -2.97. The number of benzene rings is 2. The van der Waals surface area contributed by atoms with Gasteiger partial charge in [-0.05, 0) is 53.7 Å². The maximum atomic E-state index is 12.6. The molecule has 148 valence electrons. The minimum atomic E-state index is -0.394. The number of fused-ring (bicyclic) bond motifs is 1. The molecule has 0 spiro atoms. The van der Waals surface area contributed by atoms with Crippen LogP contribution in [0.5, 0.6) is 11.5 Å². The lowest BCUT2D eigenvalue weighted by Crippen LogP contribution is -2.37. The molecule has 2 aromatic rings. The molecule has 7 nitrogen and oxygen atoms in total. The second-order valence-electron chi connectivity index (χ2n) is 6.21. The van der Waals surface area contributed by atoms with Crippen LogP contribution in [-0.4, -0.2) is 41.8 Å². The van der Waals surface area contributed by atoms with Crippen LogP contribution in [0.25, 0.3) is 6.08 Å². The van der Waals surface area contributed by atoms with Gasteiger partial charge in [-0.2, -0.15) is 0 Å². The first-order chi connectivity index (χ1) is 14.0. The fraction of sp³-hybridized carbons (Fsp3) is 0.150. The summed E-state index contributed by atoms with van der Waals surface area (Å²) in [6, 6.07) is 11.8. The average Bonchev–Trinajstić information content (AvgIpc) is 3.27. The molecule has 0 unspecified atom stereocenters. The first-order valence-electron chi connectivity index (χ1n) is 8.70. The van der Waals surface area contributed by atoms with E-state index in [4.69, 9.17) is 21.1 Å². The predicted octanol–water partition coefficient (Wildman–Crippen LogP) is 3.54. The molecule has 0 aliphatic carbocycles. The van der Waals surface area contributed by atoms with Crippen molar-refractivity contribution in [2.45, 2.75) is 0 Å². The number of imide groups is 1. The van der Waals surface area contributed by atoms with Gasteiger partial charge in [-0.15, -0.1) is 0 Å². The second-order valence-corrected chi connectivity index (χ2v) is 7.64. The molecule has 4 rings (SSSR count). The first-order valence-corrected chi connectivity index (χ1v) is 9.89. The zero-order chi connectivity index (χ0) is 20.4. The quantitative estimate of drug-likeness (QED) is 0.730. The third kappa shape index (κ3) is 4.23. The van der Waals surface area contributed by atoms with Crippen molar-refractivity contribution >= 4 is 46.5 Å². The first kappa shape index (κ1) is 19.4. The minimum Gasteiger partial charge on any atom is -0.454 e. The van der Waals surface area contributed by atoms with Crippen LogP contribution in [0.4, 0.5) is 4.79 Å².